The van der Waals surface area contributed by atoms with Crippen LogP contribution in [-0.2, 0) is 0 Å². The van der Waals surface area contributed by atoms with Crippen LogP contribution in [0.3, 0.4) is 0 Å². The van der Waals surface area contributed by atoms with Crippen molar-refractivity contribution in [1.29, 1.82) is 0 Å². The maximum Gasteiger partial charge on any atom is 0.116 e. The van der Waals surface area contributed by atoms with Crippen LogP contribution in [0.2, 0.25) is 0 Å². The Morgan fingerprint density at radius 2 is 2.10 bits per heavy atom. The van der Waals surface area contributed by atoms with E-state index < -0.39 is 0 Å². The highest BCUT2D eigenvalue weighted by Gasteiger charge is 2.14. The Bertz CT molecular complexity index is 472. The van der Waals surface area contributed by atoms with Gasteiger partial charge >= 0.3 is 0 Å². The van der Waals surface area contributed by atoms with Gasteiger partial charge in [0.05, 0.1) is 0 Å². The molecule has 1 saturated carbocycles. The molecule has 0 radical (unpaired) electrons. The van der Waals surface area contributed by atoms with E-state index in [1.807, 2.05) is 12.1 Å². The minimum atomic E-state index is 0.363. The molecule has 1 aliphatic carbocycles. The summed E-state index contributed by atoms with van der Waals surface area (Å²) in [5.74, 6) is 0.363. The van der Waals surface area contributed by atoms with Crippen molar-refractivity contribution < 1.29 is 5.11 Å². The molecule has 0 aromatic heterocycles. The van der Waals surface area contributed by atoms with Crippen LogP contribution < -0.4 is 5.32 Å². The largest absolute Gasteiger partial charge is 0.508 e. The highest BCUT2D eigenvalue weighted by Crippen LogP contribution is 2.26. The molecular weight excluding hydrogens is 258 g/mol. The summed E-state index contributed by atoms with van der Waals surface area (Å²) in [4.78, 5) is 0. The Balaban J connectivity index is 2.01. The Kier molecular flexibility index (Phi) is 6.31. The third-order valence-corrected chi connectivity index (χ3v) is 4.43. The van der Waals surface area contributed by atoms with Gasteiger partial charge in [0.1, 0.15) is 5.75 Å². The third-order valence-electron chi connectivity index (χ3n) is 4.43. The van der Waals surface area contributed by atoms with E-state index in [0.29, 0.717) is 5.75 Å². The normalized spacial score (nSPS) is 16.6. The molecule has 0 saturated heterocycles. The lowest BCUT2D eigenvalue weighted by molar-refractivity contribution is 0.475. The first kappa shape index (κ1) is 16.1. The molecule has 0 heterocycles. The molecule has 1 aliphatic rings. The summed E-state index contributed by atoms with van der Waals surface area (Å²) < 4.78 is 0. The highest BCUT2D eigenvalue weighted by molar-refractivity contribution is 5.69. The summed E-state index contributed by atoms with van der Waals surface area (Å²) >= 11 is 0. The number of aromatic hydroxyl groups is 1. The molecule has 0 atom stereocenters. The van der Waals surface area contributed by atoms with E-state index in [9.17, 15) is 5.11 Å². The molecule has 21 heavy (non-hydrogen) atoms. The topological polar surface area (TPSA) is 32.3 Å². The lowest BCUT2D eigenvalue weighted by Gasteiger charge is -2.15. The van der Waals surface area contributed by atoms with E-state index >= 15 is 0 Å². The first-order valence-electron chi connectivity index (χ1n) is 8.43. The summed E-state index contributed by atoms with van der Waals surface area (Å²) in [6.07, 6.45) is 11.1. The maximum absolute atomic E-state index is 9.77. The van der Waals surface area contributed by atoms with Crippen LogP contribution in [0.4, 0.5) is 0 Å². The highest BCUT2D eigenvalue weighted by atomic mass is 16.3. The fraction of sp³-hybridized carbons (Fsp3) is 0.579. The van der Waals surface area contributed by atoms with Gasteiger partial charge in [0, 0.05) is 6.04 Å². The van der Waals surface area contributed by atoms with Gasteiger partial charge in [0.25, 0.3) is 0 Å². The molecule has 1 aromatic carbocycles. The monoisotopic (exact) mass is 287 g/mol. The second kappa shape index (κ2) is 8.23. The van der Waals surface area contributed by atoms with Crippen LogP contribution in [0.5, 0.6) is 5.75 Å². The molecule has 2 heteroatoms. The molecule has 2 N–H and O–H groups in total. The van der Waals surface area contributed by atoms with Crippen LogP contribution in [0.15, 0.2) is 24.3 Å². The number of phenols is 1. The number of phenolic OH excluding ortho intramolecular Hbond substituents is 1. The van der Waals surface area contributed by atoms with Gasteiger partial charge in [-0.05, 0) is 68.0 Å². The third kappa shape index (κ3) is 4.89. The van der Waals surface area contributed by atoms with Gasteiger partial charge in [0.2, 0.25) is 0 Å². The van der Waals surface area contributed by atoms with E-state index in [4.69, 9.17) is 0 Å². The van der Waals surface area contributed by atoms with E-state index in [2.05, 4.69) is 25.2 Å². The second-order valence-electron chi connectivity index (χ2n) is 6.20. The number of hydrogen-bond acceptors (Lipinski definition) is 2. The molecule has 116 valence electrons. The Hall–Kier alpha value is -1.28. The van der Waals surface area contributed by atoms with Crippen molar-refractivity contribution in [3.8, 4) is 5.75 Å². The van der Waals surface area contributed by atoms with Crippen LogP contribution in [0.1, 0.15) is 63.0 Å². The first-order chi connectivity index (χ1) is 10.2. The predicted octanol–water partition coefficient (Wildman–Crippen LogP) is 4.81. The maximum atomic E-state index is 9.77. The Morgan fingerprint density at radius 1 is 1.33 bits per heavy atom. The summed E-state index contributed by atoms with van der Waals surface area (Å²) in [5.41, 5.74) is 3.82. The number of unbranched alkanes of at least 4 members (excludes halogenated alkanes) is 1. The number of hydrogen-bond donors (Lipinski definition) is 2. The molecule has 0 bridgehead atoms. The number of rotatable bonds is 7. The Morgan fingerprint density at radius 3 is 2.81 bits per heavy atom. The summed E-state index contributed by atoms with van der Waals surface area (Å²) in [6.45, 7) is 5.37. The van der Waals surface area contributed by atoms with Crippen molar-refractivity contribution >= 4 is 5.57 Å². The zero-order chi connectivity index (χ0) is 15.1. The zero-order valence-corrected chi connectivity index (χ0v) is 13.5. The zero-order valence-electron chi connectivity index (χ0n) is 13.5. The molecule has 0 unspecified atom stereocenters. The smallest absolute Gasteiger partial charge is 0.116 e. The van der Waals surface area contributed by atoms with Crippen LogP contribution in [0, 0.1) is 6.92 Å². The summed E-state index contributed by atoms with van der Waals surface area (Å²) in [5, 5.41) is 13.5. The van der Waals surface area contributed by atoms with Crippen molar-refractivity contribution in [1.82, 2.24) is 5.32 Å². The average molecular weight is 287 g/mol. The molecule has 2 rings (SSSR count). The van der Waals surface area contributed by atoms with Crippen molar-refractivity contribution in [2.75, 3.05) is 6.54 Å². The van der Waals surface area contributed by atoms with Gasteiger partial charge in [0.15, 0.2) is 0 Å². The van der Waals surface area contributed by atoms with E-state index in [-0.39, 0.29) is 0 Å². The molecular formula is C19H29NO. The average Bonchev–Trinajstić information content (AvgIpc) is 2.99. The lowest BCUT2D eigenvalue weighted by Crippen LogP contribution is -2.27. The lowest BCUT2D eigenvalue weighted by atomic mass is 9.96. The van der Waals surface area contributed by atoms with Crippen LogP contribution >= 0.6 is 0 Å². The van der Waals surface area contributed by atoms with Gasteiger partial charge in [-0.15, -0.1) is 0 Å². The van der Waals surface area contributed by atoms with Gasteiger partial charge < -0.3 is 10.4 Å². The first-order valence-corrected chi connectivity index (χ1v) is 8.43. The fourth-order valence-electron chi connectivity index (χ4n) is 3.16. The Labute approximate surface area is 129 Å². The van der Waals surface area contributed by atoms with Crippen molar-refractivity contribution in [3.05, 3.63) is 35.4 Å². The van der Waals surface area contributed by atoms with Crippen molar-refractivity contribution in [2.24, 2.45) is 0 Å². The number of nitrogens with one attached hydrogen (secondary N) is 1. The van der Waals surface area contributed by atoms with Crippen molar-refractivity contribution in [3.63, 3.8) is 0 Å². The minimum Gasteiger partial charge on any atom is -0.508 e. The van der Waals surface area contributed by atoms with Gasteiger partial charge in [-0.3, -0.25) is 0 Å². The SMILES string of the molecule is CCC/C=C(/CCNC1CCCC1)c1cc(O)ccc1C. The van der Waals surface area contributed by atoms with E-state index in [1.165, 1.54) is 42.4 Å². The molecule has 2 nitrogen and oxygen atoms in total. The van der Waals surface area contributed by atoms with Crippen LogP contribution in [0.25, 0.3) is 5.57 Å². The van der Waals surface area contributed by atoms with E-state index in [0.717, 1.165) is 31.8 Å². The predicted molar refractivity (Wildman–Crippen MR) is 90.6 cm³/mol. The number of benzene rings is 1. The molecule has 1 aromatic rings. The van der Waals surface area contributed by atoms with Gasteiger partial charge in [-0.1, -0.05) is 38.3 Å². The standard InChI is InChI=1S/C19H29NO/c1-3-4-7-16(12-13-20-17-8-5-6-9-17)19-14-18(21)11-10-15(19)2/h7,10-11,14,17,20-21H,3-6,8-9,12-13H2,1-2H3/b16-7-. The van der Waals surface area contributed by atoms with Gasteiger partial charge in [-0.2, -0.15) is 0 Å². The second-order valence-corrected chi connectivity index (χ2v) is 6.20. The van der Waals surface area contributed by atoms with Crippen molar-refractivity contribution in [2.45, 2.75) is 64.8 Å². The van der Waals surface area contributed by atoms with Crippen LogP contribution in [-0.4, -0.2) is 17.7 Å². The van der Waals surface area contributed by atoms with E-state index in [1.54, 1.807) is 6.07 Å². The fourth-order valence-corrected chi connectivity index (χ4v) is 3.16. The molecule has 0 amide bonds. The number of allylic oxidation sites excluding steroid dienone is 1. The minimum absolute atomic E-state index is 0.363. The quantitative estimate of drug-likeness (QED) is 0.754. The molecule has 0 spiro atoms. The molecule has 1 fully saturated rings. The molecule has 0 aliphatic heterocycles. The summed E-state index contributed by atoms with van der Waals surface area (Å²) in [7, 11) is 0. The summed E-state index contributed by atoms with van der Waals surface area (Å²) in [6, 6.07) is 6.41. The van der Waals surface area contributed by atoms with Gasteiger partial charge in [-0.25, -0.2) is 0 Å². The number of aryl methyl sites for hydroxylation is 1.